The van der Waals surface area contributed by atoms with Gasteiger partial charge in [-0.25, -0.2) is 0 Å². The van der Waals surface area contributed by atoms with E-state index < -0.39 is 0 Å². The third kappa shape index (κ3) is 3.45. The smallest absolute Gasteiger partial charge is 0.255 e. The summed E-state index contributed by atoms with van der Waals surface area (Å²) in [7, 11) is 0. The Labute approximate surface area is 119 Å². The summed E-state index contributed by atoms with van der Waals surface area (Å²) in [5, 5.41) is 2.98. The highest BCUT2D eigenvalue weighted by atomic mass is 16.1. The second-order valence-corrected chi connectivity index (χ2v) is 4.76. The van der Waals surface area contributed by atoms with Crippen LogP contribution in [0.4, 0.5) is 5.69 Å². The van der Waals surface area contributed by atoms with Gasteiger partial charge in [0.2, 0.25) is 0 Å². The SMILES string of the molecule is CCCc1ccccc1NC(=O)c1ccc(CN)cc1. The van der Waals surface area contributed by atoms with Crippen molar-refractivity contribution in [3.8, 4) is 0 Å². The number of rotatable bonds is 5. The Hall–Kier alpha value is -2.13. The van der Waals surface area contributed by atoms with Crippen molar-refractivity contribution in [1.29, 1.82) is 0 Å². The molecule has 0 aromatic heterocycles. The number of hydrogen-bond donors (Lipinski definition) is 2. The molecule has 0 unspecified atom stereocenters. The van der Waals surface area contributed by atoms with Gasteiger partial charge in [0, 0.05) is 17.8 Å². The lowest BCUT2D eigenvalue weighted by Crippen LogP contribution is -2.13. The van der Waals surface area contributed by atoms with E-state index in [1.54, 1.807) is 12.1 Å². The van der Waals surface area contributed by atoms with Crippen molar-refractivity contribution in [3.63, 3.8) is 0 Å². The third-order valence-corrected chi connectivity index (χ3v) is 3.24. The molecule has 2 rings (SSSR count). The normalized spacial score (nSPS) is 10.3. The molecule has 2 aromatic carbocycles. The lowest BCUT2D eigenvalue weighted by molar-refractivity contribution is 0.102. The maximum atomic E-state index is 12.2. The van der Waals surface area contributed by atoms with Gasteiger partial charge in [-0.1, -0.05) is 43.7 Å². The molecule has 0 aliphatic carbocycles. The minimum atomic E-state index is -0.0860. The summed E-state index contributed by atoms with van der Waals surface area (Å²) in [6.07, 6.45) is 2.01. The molecule has 0 atom stereocenters. The molecule has 0 heterocycles. The maximum Gasteiger partial charge on any atom is 0.255 e. The van der Waals surface area contributed by atoms with Gasteiger partial charge < -0.3 is 11.1 Å². The molecular formula is C17H20N2O. The monoisotopic (exact) mass is 268 g/mol. The van der Waals surface area contributed by atoms with Crippen LogP contribution in [0.1, 0.15) is 34.8 Å². The average molecular weight is 268 g/mol. The Morgan fingerprint density at radius 3 is 2.45 bits per heavy atom. The quantitative estimate of drug-likeness (QED) is 0.873. The first kappa shape index (κ1) is 14.3. The molecule has 0 aliphatic heterocycles. The number of aryl methyl sites for hydroxylation is 1. The number of carbonyl (C=O) groups excluding carboxylic acids is 1. The van der Waals surface area contributed by atoms with Gasteiger partial charge in [0.1, 0.15) is 0 Å². The summed E-state index contributed by atoms with van der Waals surface area (Å²) in [6, 6.07) is 15.3. The molecular weight excluding hydrogens is 248 g/mol. The van der Waals surface area contributed by atoms with E-state index in [0.717, 1.165) is 24.1 Å². The molecule has 0 saturated carbocycles. The fourth-order valence-electron chi connectivity index (χ4n) is 2.12. The lowest BCUT2D eigenvalue weighted by atomic mass is 10.1. The molecule has 1 amide bonds. The van der Waals surface area contributed by atoms with E-state index >= 15 is 0 Å². The van der Waals surface area contributed by atoms with Crippen molar-refractivity contribution in [1.82, 2.24) is 0 Å². The van der Waals surface area contributed by atoms with Gasteiger partial charge >= 0.3 is 0 Å². The highest BCUT2D eigenvalue weighted by molar-refractivity contribution is 6.04. The van der Waals surface area contributed by atoms with Crippen molar-refractivity contribution < 1.29 is 4.79 Å². The van der Waals surface area contributed by atoms with Gasteiger partial charge in [-0.2, -0.15) is 0 Å². The molecule has 3 N–H and O–H groups in total. The maximum absolute atomic E-state index is 12.2. The minimum Gasteiger partial charge on any atom is -0.326 e. The van der Waals surface area contributed by atoms with Crippen LogP contribution >= 0.6 is 0 Å². The standard InChI is InChI=1S/C17H20N2O/c1-2-5-14-6-3-4-7-16(14)19-17(20)15-10-8-13(12-18)9-11-15/h3-4,6-11H,2,5,12,18H2,1H3,(H,19,20). The fourth-order valence-corrected chi connectivity index (χ4v) is 2.12. The van der Waals surface area contributed by atoms with E-state index in [0.29, 0.717) is 12.1 Å². The average Bonchev–Trinajstić information content (AvgIpc) is 2.49. The van der Waals surface area contributed by atoms with Crippen molar-refractivity contribution in [2.75, 3.05) is 5.32 Å². The summed E-state index contributed by atoms with van der Waals surface area (Å²) in [5.41, 5.74) is 9.28. The van der Waals surface area contributed by atoms with Crippen LogP contribution in [0.15, 0.2) is 48.5 Å². The summed E-state index contributed by atoms with van der Waals surface area (Å²) in [4.78, 5) is 12.2. The second-order valence-electron chi connectivity index (χ2n) is 4.76. The molecule has 0 bridgehead atoms. The number of benzene rings is 2. The Bertz CT molecular complexity index is 576. The van der Waals surface area contributed by atoms with Gasteiger partial charge in [0.25, 0.3) is 5.91 Å². The van der Waals surface area contributed by atoms with Crippen LogP contribution in [0.5, 0.6) is 0 Å². The van der Waals surface area contributed by atoms with Gasteiger partial charge in [0.15, 0.2) is 0 Å². The predicted octanol–water partition coefficient (Wildman–Crippen LogP) is 3.35. The largest absolute Gasteiger partial charge is 0.326 e. The molecule has 0 saturated heterocycles. The molecule has 104 valence electrons. The van der Waals surface area contributed by atoms with Crippen LogP contribution in [0.3, 0.4) is 0 Å². The highest BCUT2D eigenvalue weighted by Gasteiger charge is 2.08. The Kier molecular flexibility index (Phi) is 4.91. The van der Waals surface area contributed by atoms with Crippen LogP contribution in [-0.2, 0) is 13.0 Å². The van der Waals surface area contributed by atoms with Crippen LogP contribution in [-0.4, -0.2) is 5.91 Å². The molecule has 0 radical (unpaired) electrons. The number of carbonyl (C=O) groups is 1. The number of nitrogens with one attached hydrogen (secondary N) is 1. The van der Waals surface area contributed by atoms with Crippen molar-refractivity contribution in [2.24, 2.45) is 5.73 Å². The van der Waals surface area contributed by atoms with E-state index in [2.05, 4.69) is 18.3 Å². The van der Waals surface area contributed by atoms with E-state index in [-0.39, 0.29) is 5.91 Å². The number of para-hydroxylation sites is 1. The summed E-state index contributed by atoms with van der Waals surface area (Å²) in [5.74, 6) is -0.0860. The van der Waals surface area contributed by atoms with Crippen molar-refractivity contribution >= 4 is 11.6 Å². The zero-order valence-corrected chi connectivity index (χ0v) is 11.7. The lowest BCUT2D eigenvalue weighted by Gasteiger charge is -2.10. The third-order valence-electron chi connectivity index (χ3n) is 3.24. The van der Waals surface area contributed by atoms with Crippen molar-refractivity contribution in [3.05, 3.63) is 65.2 Å². The van der Waals surface area contributed by atoms with Crippen LogP contribution in [0.2, 0.25) is 0 Å². The summed E-state index contributed by atoms with van der Waals surface area (Å²) >= 11 is 0. The van der Waals surface area contributed by atoms with Gasteiger partial charge in [0.05, 0.1) is 0 Å². The Balaban J connectivity index is 2.14. The molecule has 3 heteroatoms. The van der Waals surface area contributed by atoms with Gasteiger partial charge in [-0.15, -0.1) is 0 Å². The Morgan fingerprint density at radius 1 is 1.10 bits per heavy atom. The second kappa shape index (κ2) is 6.87. The first-order chi connectivity index (χ1) is 9.74. The minimum absolute atomic E-state index is 0.0860. The number of nitrogens with two attached hydrogens (primary N) is 1. The summed E-state index contributed by atoms with van der Waals surface area (Å²) in [6.45, 7) is 2.62. The molecule has 0 aliphatic rings. The summed E-state index contributed by atoms with van der Waals surface area (Å²) < 4.78 is 0. The number of anilines is 1. The fraction of sp³-hybridized carbons (Fsp3) is 0.235. The molecule has 0 fully saturated rings. The predicted molar refractivity (Wildman–Crippen MR) is 82.7 cm³/mol. The van der Waals surface area contributed by atoms with Crippen LogP contribution in [0.25, 0.3) is 0 Å². The van der Waals surface area contributed by atoms with Crippen LogP contribution in [0, 0.1) is 0 Å². The number of amides is 1. The molecule has 20 heavy (non-hydrogen) atoms. The van der Waals surface area contributed by atoms with Crippen LogP contribution < -0.4 is 11.1 Å². The zero-order valence-electron chi connectivity index (χ0n) is 11.7. The van der Waals surface area contributed by atoms with E-state index in [4.69, 9.17) is 5.73 Å². The van der Waals surface area contributed by atoms with Gasteiger partial charge in [-0.05, 0) is 35.7 Å². The molecule has 0 spiro atoms. The Morgan fingerprint density at radius 2 is 1.80 bits per heavy atom. The van der Waals surface area contributed by atoms with E-state index in [1.807, 2.05) is 30.3 Å². The molecule has 2 aromatic rings. The zero-order chi connectivity index (χ0) is 14.4. The topological polar surface area (TPSA) is 55.1 Å². The number of hydrogen-bond acceptors (Lipinski definition) is 2. The highest BCUT2D eigenvalue weighted by Crippen LogP contribution is 2.18. The first-order valence-electron chi connectivity index (χ1n) is 6.93. The molecule has 3 nitrogen and oxygen atoms in total. The first-order valence-corrected chi connectivity index (χ1v) is 6.93. The van der Waals surface area contributed by atoms with E-state index in [9.17, 15) is 4.79 Å². The van der Waals surface area contributed by atoms with E-state index in [1.165, 1.54) is 5.56 Å². The van der Waals surface area contributed by atoms with Crippen molar-refractivity contribution in [2.45, 2.75) is 26.3 Å². The van der Waals surface area contributed by atoms with Gasteiger partial charge in [-0.3, -0.25) is 4.79 Å².